The molecule has 0 aliphatic rings. The van der Waals surface area contributed by atoms with E-state index in [0.717, 1.165) is 11.1 Å². The van der Waals surface area contributed by atoms with Crippen LogP contribution in [0.3, 0.4) is 0 Å². The first-order chi connectivity index (χ1) is 12.4. The highest BCUT2D eigenvalue weighted by Crippen LogP contribution is 2.24. The van der Waals surface area contributed by atoms with Gasteiger partial charge in [-0.2, -0.15) is 4.98 Å². The van der Waals surface area contributed by atoms with Crippen LogP contribution in [0.25, 0.3) is 11.4 Å². The van der Waals surface area contributed by atoms with Gasteiger partial charge in [0.25, 0.3) is 5.69 Å². The number of benzene rings is 2. The Morgan fingerprint density at radius 3 is 2.62 bits per heavy atom. The van der Waals surface area contributed by atoms with Crippen LogP contribution in [0.5, 0.6) is 0 Å². The summed E-state index contributed by atoms with van der Waals surface area (Å²) in [6.07, 6.45) is 0. The molecular formula is C18H17ClN4O3. The van der Waals surface area contributed by atoms with Gasteiger partial charge in [0, 0.05) is 29.3 Å². The third-order valence-electron chi connectivity index (χ3n) is 3.86. The Hall–Kier alpha value is -2.77. The third-order valence-corrected chi connectivity index (χ3v) is 4.23. The van der Waals surface area contributed by atoms with E-state index in [2.05, 4.69) is 10.1 Å². The lowest BCUT2D eigenvalue weighted by atomic mass is 10.1. The number of nitrogens with zero attached hydrogens (tertiary/aromatic N) is 4. The fraction of sp³-hybridized carbons (Fsp3) is 0.222. The van der Waals surface area contributed by atoms with Crippen LogP contribution in [0.4, 0.5) is 5.69 Å². The van der Waals surface area contributed by atoms with E-state index in [-0.39, 0.29) is 5.69 Å². The molecule has 0 unspecified atom stereocenters. The van der Waals surface area contributed by atoms with Crippen LogP contribution in [0, 0.1) is 17.0 Å². The standard InChI is InChI=1S/C18H17ClN4O3/c1-12-3-5-13(6-4-12)18-20-17(26-21-18)11-22(2)10-14-9-15(23(24)25)7-8-16(14)19/h3-9H,10-11H2,1-2H3. The second-order valence-electron chi connectivity index (χ2n) is 6.08. The van der Waals surface area contributed by atoms with Crippen LogP contribution >= 0.6 is 11.6 Å². The SMILES string of the molecule is Cc1ccc(-c2noc(CN(C)Cc3cc([N+](=O)[O-])ccc3Cl)n2)cc1. The molecule has 3 rings (SSSR count). The topological polar surface area (TPSA) is 85.3 Å². The Bertz CT molecular complexity index is 924. The molecule has 0 bridgehead atoms. The van der Waals surface area contributed by atoms with Crippen molar-refractivity contribution in [3.05, 3.63) is 74.6 Å². The van der Waals surface area contributed by atoms with Gasteiger partial charge in [0.15, 0.2) is 0 Å². The molecule has 134 valence electrons. The number of rotatable bonds is 6. The van der Waals surface area contributed by atoms with E-state index in [0.29, 0.717) is 35.4 Å². The highest BCUT2D eigenvalue weighted by atomic mass is 35.5. The molecule has 0 amide bonds. The normalized spacial score (nSPS) is 11.1. The molecule has 0 saturated carbocycles. The van der Waals surface area contributed by atoms with Gasteiger partial charge < -0.3 is 4.52 Å². The van der Waals surface area contributed by atoms with Crippen LogP contribution in [0.15, 0.2) is 47.0 Å². The average Bonchev–Trinajstić information content (AvgIpc) is 3.05. The van der Waals surface area contributed by atoms with Crippen molar-refractivity contribution in [2.45, 2.75) is 20.0 Å². The quantitative estimate of drug-likeness (QED) is 0.475. The maximum absolute atomic E-state index is 10.9. The first kappa shape index (κ1) is 18.0. The maximum Gasteiger partial charge on any atom is 0.269 e. The van der Waals surface area contributed by atoms with Gasteiger partial charge in [-0.1, -0.05) is 46.6 Å². The van der Waals surface area contributed by atoms with E-state index in [1.54, 1.807) is 0 Å². The summed E-state index contributed by atoms with van der Waals surface area (Å²) in [5.74, 6) is 0.992. The second-order valence-corrected chi connectivity index (χ2v) is 6.49. The zero-order valence-corrected chi connectivity index (χ0v) is 15.1. The summed E-state index contributed by atoms with van der Waals surface area (Å²) in [5.41, 5.74) is 2.72. The Morgan fingerprint density at radius 1 is 1.19 bits per heavy atom. The second kappa shape index (κ2) is 7.63. The largest absolute Gasteiger partial charge is 0.338 e. The van der Waals surface area contributed by atoms with Gasteiger partial charge in [-0.05, 0) is 25.6 Å². The fourth-order valence-corrected chi connectivity index (χ4v) is 2.69. The predicted octanol–water partition coefficient (Wildman–Crippen LogP) is 4.24. The maximum atomic E-state index is 10.9. The lowest BCUT2D eigenvalue weighted by Gasteiger charge is -2.15. The summed E-state index contributed by atoms with van der Waals surface area (Å²) in [6, 6.07) is 12.3. The zero-order valence-electron chi connectivity index (χ0n) is 14.3. The molecule has 26 heavy (non-hydrogen) atoms. The van der Waals surface area contributed by atoms with Crippen LogP contribution < -0.4 is 0 Å². The third kappa shape index (κ3) is 4.25. The Balaban J connectivity index is 1.69. The molecule has 7 nitrogen and oxygen atoms in total. The molecule has 0 atom stereocenters. The van der Waals surface area contributed by atoms with Gasteiger partial charge in [0.1, 0.15) is 0 Å². The van der Waals surface area contributed by atoms with Crippen molar-refractivity contribution in [2.24, 2.45) is 0 Å². The summed E-state index contributed by atoms with van der Waals surface area (Å²) >= 11 is 6.14. The zero-order chi connectivity index (χ0) is 18.7. The molecule has 0 saturated heterocycles. The van der Waals surface area contributed by atoms with Crippen LogP contribution in [-0.2, 0) is 13.1 Å². The molecule has 2 aromatic carbocycles. The molecule has 0 N–H and O–H groups in total. The monoisotopic (exact) mass is 372 g/mol. The van der Waals surface area contributed by atoms with Gasteiger partial charge >= 0.3 is 0 Å². The number of aryl methyl sites for hydroxylation is 1. The van der Waals surface area contributed by atoms with Crippen molar-refractivity contribution in [3.63, 3.8) is 0 Å². The smallest absolute Gasteiger partial charge is 0.269 e. The molecule has 8 heteroatoms. The van der Waals surface area contributed by atoms with E-state index < -0.39 is 4.92 Å². The number of halogens is 1. The number of non-ortho nitro benzene ring substituents is 1. The van der Waals surface area contributed by atoms with Crippen molar-refractivity contribution >= 4 is 17.3 Å². The number of aromatic nitrogens is 2. The molecule has 0 aliphatic heterocycles. The van der Waals surface area contributed by atoms with E-state index >= 15 is 0 Å². The summed E-state index contributed by atoms with van der Waals surface area (Å²) in [4.78, 5) is 16.8. The minimum absolute atomic E-state index is 0.0113. The lowest BCUT2D eigenvalue weighted by molar-refractivity contribution is -0.384. The van der Waals surface area contributed by atoms with Crippen molar-refractivity contribution in [1.29, 1.82) is 0 Å². The molecular weight excluding hydrogens is 356 g/mol. The summed E-state index contributed by atoms with van der Waals surface area (Å²) < 4.78 is 5.31. The van der Waals surface area contributed by atoms with E-state index in [4.69, 9.17) is 16.1 Å². The highest BCUT2D eigenvalue weighted by molar-refractivity contribution is 6.31. The van der Waals surface area contributed by atoms with Crippen molar-refractivity contribution in [3.8, 4) is 11.4 Å². The van der Waals surface area contributed by atoms with Crippen molar-refractivity contribution in [1.82, 2.24) is 15.0 Å². The van der Waals surface area contributed by atoms with Gasteiger partial charge in [-0.15, -0.1) is 0 Å². The first-order valence-electron chi connectivity index (χ1n) is 7.93. The van der Waals surface area contributed by atoms with E-state index in [1.807, 2.05) is 43.1 Å². The molecule has 3 aromatic rings. The Kier molecular flexibility index (Phi) is 5.29. The first-order valence-corrected chi connectivity index (χ1v) is 8.31. The molecule has 0 spiro atoms. The molecule has 1 heterocycles. The van der Waals surface area contributed by atoms with Gasteiger partial charge in [0.2, 0.25) is 11.7 Å². The van der Waals surface area contributed by atoms with E-state index in [1.165, 1.54) is 18.2 Å². The summed E-state index contributed by atoms with van der Waals surface area (Å²) in [6.45, 7) is 2.83. The van der Waals surface area contributed by atoms with Gasteiger partial charge in [-0.25, -0.2) is 0 Å². The lowest BCUT2D eigenvalue weighted by Crippen LogP contribution is -2.17. The average molecular weight is 373 g/mol. The molecule has 0 fully saturated rings. The van der Waals surface area contributed by atoms with Crippen LogP contribution in [0.2, 0.25) is 5.02 Å². The van der Waals surface area contributed by atoms with Crippen LogP contribution in [-0.4, -0.2) is 27.0 Å². The Labute approximate surface area is 155 Å². The van der Waals surface area contributed by atoms with E-state index in [9.17, 15) is 10.1 Å². The number of nitro benzene ring substituents is 1. The van der Waals surface area contributed by atoms with Gasteiger partial charge in [0.05, 0.1) is 11.5 Å². The highest BCUT2D eigenvalue weighted by Gasteiger charge is 2.14. The predicted molar refractivity (Wildman–Crippen MR) is 97.7 cm³/mol. The molecule has 0 radical (unpaired) electrons. The summed E-state index contributed by atoms with van der Waals surface area (Å²) in [5, 5.41) is 15.4. The van der Waals surface area contributed by atoms with Crippen molar-refractivity contribution < 1.29 is 9.45 Å². The minimum Gasteiger partial charge on any atom is -0.338 e. The molecule has 0 aliphatic carbocycles. The summed E-state index contributed by atoms with van der Waals surface area (Å²) in [7, 11) is 1.85. The number of nitro groups is 1. The number of hydrogen-bond donors (Lipinski definition) is 0. The number of hydrogen-bond acceptors (Lipinski definition) is 6. The molecule has 1 aromatic heterocycles. The van der Waals surface area contributed by atoms with Crippen LogP contribution in [0.1, 0.15) is 17.0 Å². The van der Waals surface area contributed by atoms with Crippen molar-refractivity contribution in [2.75, 3.05) is 7.05 Å². The minimum atomic E-state index is -0.439. The fourth-order valence-electron chi connectivity index (χ4n) is 2.51. The van der Waals surface area contributed by atoms with Gasteiger partial charge in [-0.3, -0.25) is 15.0 Å². The Morgan fingerprint density at radius 2 is 1.92 bits per heavy atom.